The third-order valence-electron chi connectivity index (χ3n) is 3.06. The second-order valence-corrected chi connectivity index (χ2v) is 6.35. The summed E-state index contributed by atoms with van der Waals surface area (Å²) in [7, 11) is 0. The number of hydrogen-bond donors (Lipinski definition) is 0. The fourth-order valence-electron chi connectivity index (χ4n) is 2.22. The highest BCUT2D eigenvalue weighted by Gasteiger charge is 2.42. The van der Waals surface area contributed by atoms with Crippen molar-refractivity contribution in [3.8, 4) is 0 Å². The van der Waals surface area contributed by atoms with Gasteiger partial charge in [0.2, 0.25) is 5.79 Å². The Kier molecular flexibility index (Phi) is 7.00. The summed E-state index contributed by atoms with van der Waals surface area (Å²) < 4.78 is 34.5. The molecule has 0 saturated carbocycles. The zero-order chi connectivity index (χ0) is 16.1. The summed E-state index contributed by atoms with van der Waals surface area (Å²) in [6.07, 6.45) is 2.11. The van der Waals surface area contributed by atoms with E-state index in [9.17, 15) is 4.53 Å². The van der Waals surface area contributed by atoms with Gasteiger partial charge in [-0.2, -0.15) is 4.94 Å². The van der Waals surface area contributed by atoms with Crippen LogP contribution >= 0.6 is 0 Å². The molecule has 2 aliphatic rings. The summed E-state index contributed by atoms with van der Waals surface area (Å²) in [6.45, 7) is 11.5. The van der Waals surface area contributed by atoms with Crippen molar-refractivity contribution in [2.24, 2.45) is 0 Å². The highest BCUT2D eigenvalue weighted by atomic mass is 19.3. The molecule has 0 bridgehead atoms. The molecule has 6 heteroatoms. The average Bonchev–Trinajstić information content (AvgIpc) is 2.96. The van der Waals surface area contributed by atoms with Gasteiger partial charge in [0.1, 0.15) is 6.10 Å². The molecule has 0 amide bonds. The van der Waals surface area contributed by atoms with Crippen LogP contribution in [0.2, 0.25) is 0 Å². The van der Waals surface area contributed by atoms with Crippen molar-refractivity contribution >= 4 is 0 Å². The molecular formula is C15H29FO5. The maximum atomic E-state index is 12.2. The molecule has 5 nitrogen and oxygen atoms in total. The van der Waals surface area contributed by atoms with Crippen LogP contribution in [0.4, 0.5) is 4.53 Å². The minimum absolute atomic E-state index is 0.0767. The van der Waals surface area contributed by atoms with E-state index in [4.69, 9.17) is 18.9 Å². The lowest BCUT2D eigenvalue weighted by Crippen LogP contribution is -2.34. The van der Waals surface area contributed by atoms with Gasteiger partial charge in [0, 0.05) is 6.42 Å². The van der Waals surface area contributed by atoms with Crippen molar-refractivity contribution < 1.29 is 28.4 Å². The normalized spacial score (nSPS) is 31.9. The Labute approximate surface area is 126 Å². The van der Waals surface area contributed by atoms with Gasteiger partial charge in [0.25, 0.3) is 0 Å². The summed E-state index contributed by atoms with van der Waals surface area (Å²) >= 11 is 0. The smallest absolute Gasteiger partial charge is 0.204 e. The zero-order valence-electron chi connectivity index (χ0n) is 14.0. The Bertz CT molecular complexity index is 308. The van der Waals surface area contributed by atoms with E-state index in [2.05, 4.69) is 18.8 Å². The van der Waals surface area contributed by atoms with E-state index in [1.807, 2.05) is 13.8 Å². The topological polar surface area (TPSA) is 46.2 Å². The van der Waals surface area contributed by atoms with Crippen molar-refractivity contribution in [1.82, 2.24) is 0 Å². The van der Waals surface area contributed by atoms with Crippen LogP contribution in [0.25, 0.3) is 0 Å². The molecule has 21 heavy (non-hydrogen) atoms. The van der Waals surface area contributed by atoms with E-state index in [-0.39, 0.29) is 12.2 Å². The first-order valence-electron chi connectivity index (χ1n) is 7.67. The van der Waals surface area contributed by atoms with E-state index in [0.29, 0.717) is 13.0 Å². The molecule has 2 heterocycles. The van der Waals surface area contributed by atoms with Crippen LogP contribution in [0.5, 0.6) is 0 Å². The minimum atomic E-state index is -1.29. The van der Waals surface area contributed by atoms with E-state index >= 15 is 0 Å². The molecule has 0 aliphatic carbocycles. The third-order valence-corrected chi connectivity index (χ3v) is 3.06. The summed E-state index contributed by atoms with van der Waals surface area (Å²) in [5, 5.41) is 0. The Balaban J connectivity index is 0.000000677. The first kappa shape index (κ1) is 18.8. The number of rotatable bonds is 4. The van der Waals surface area contributed by atoms with E-state index in [1.165, 1.54) is 20.3 Å². The monoisotopic (exact) mass is 308 g/mol. The van der Waals surface area contributed by atoms with E-state index in [0.717, 1.165) is 6.42 Å². The molecule has 0 aromatic carbocycles. The van der Waals surface area contributed by atoms with E-state index < -0.39 is 17.9 Å². The highest BCUT2D eigenvalue weighted by Crippen LogP contribution is 2.33. The number of ether oxygens (including phenoxy) is 4. The van der Waals surface area contributed by atoms with Gasteiger partial charge in [0.05, 0.1) is 12.7 Å². The lowest BCUT2D eigenvalue weighted by Gasteiger charge is -2.25. The van der Waals surface area contributed by atoms with Crippen molar-refractivity contribution in [3.63, 3.8) is 0 Å². The SMILES string of the molecule is CC(C)(OF)O[C@@H]1CCC([C@H]2COC(C)(C)O2)O1.CCC. The first-order valence-corrected chi connectivity index (χ1v) is 7.67. The van der Waals surface area contributed by atoms with Crippen molar-refractivity contribution in [1.29, 1.82) is 0 Å². The van der Waals surface area contributed by atoms with Crippen molar-refractivity contribution in [3.05, 3.63) is 0 Å². The zero-order valence-corrected chi connectivity index (χ0v) is 14.0. The lowest BCUT2D eigenvalue weighted by molar-refractivity contribution is -0.367. The van der Waals surface area contributed by atoms with Crippen LogP contribution in [0, 0.1) is 0 Å². The molecule has 0 aromatic heterocycles. The Morgan fingerprint density at radius 1 is 1.19 bits per heavy atom. The fourth-order valence-corrected chi connectivity index (χ4v) is 2.22. The van der Waals surface area contributed by atoms with E-state index in [1.54, 1.807) is 0 Å². The van der Waals surface area contributed by atoms with Gasteiger partial charge in [-0.25, -0.2) is 0 Å². The summed E-state index contributed by atoms with van der Waals surface area (Å²) in [5.74, 6) is -1.85. The molecule has 2 rings (SSSR count). The first-order chi connectivity index (χ1) is 9.73. The second kappa shape index (κ2) is 7.83. The molecule has 0 radical (unpaired) electrons. The summed E-state index contributed by atoms with van der Waals surface area (Å²) in [4.78, 5) is 3.74. The standard InChI is InChI=1S/C12H21FO5.C3H8/c1-11(2)14-7-9(16-11)8-5-6-10(15-8)17-12(3,4)18-13;1-3-2/h8-10H,5-7H2,1-4H3;3H2,1-2H3/t8?,9-,10-;/m1./s1. The van der Waals surface area contributed by atoms with Crippen LogP contribution in [0.1, 0.15) is 60.8 Å². The largest absolute Gasteiger partial charge is 0.348 e. The Morgan fingerprint density at radius 3 is 2.29 bits per heavy atom. The van der Waals surface area contributed by atoms with Crippen LogP contribution in [-0.2, 0) is 23.9 Å². The van der Waals surface area contributed by atoms with Gasteiger partial charge in [-0.1, -0.05) is 20.3 Å². The number of hydrogen-bond acceptors (Lipinski definition) is 5. The highest BCUT2D eigenvalue weighted by molar-refractivity contribution is 4.82. The molecule has 0 N–H and O–H groups in total. The van der Waals surface area contributed by atoms with Gasteiger partial charge in [-0.15, -0.1) is 0 Å². The lowest BCUT2D eigenvalue weighted by atomic mass is 10.1. The predicted molar refractivity (Wildman–Crippen MR) is 76.1 cm³/mol. The van der Waals surface area contributed by atoms with Gasteiger partial charge in [-0.3, -0.25) is 0 Å². The summed E-state index contributed by atoms with van der Waals surface area (Å²) in [5.41, 5.74) is 0. The maximum absolute atomic E-state index is 12.2. The van der Waals surface area contributed by atoms with Crippen molar-refractivity contribution in [2.45, 2.75) is 90.9 Å². The quantitative estimate of drug-likeness (QED) is 0.741. The minimum Gasteiger partial charge on any atom is -0.348 e. The van der Waals surface area contributed by atoms with Gasteiger partial charge < -0.3 is 18.9 Å². The molecule has 126 valence electrons. The Morgan fingerprint density at radius 2 is 1.81 bits per heavy atom. The van der Waals surface area contributed by atoms with Gasteiger partial charge in [-0.05, 0) is 38.6 Å². The molecule has 3 atom stereocenters. The van der Waals surface area contributed by atoms with Crippen LogP contribution in [0.15, 0.2) is 0 Å². The predicted octanol–water partition coefficient (Wildman–Crippen LogP) is 3.71. The fraction of sp³-hybridized carbons (Fsp3) is 1.00. The number of halogens is 1. The summed E-state index contributed by atoms with van der Waals surface area (Å²) in [6, 6.07) is 0. The maximum Gasteiger partial charge on any atom is 0.204 e. The van der Waals surface area contributed by atoms with Gasteiger partial charge in [0.15, 0.2) is 12.1 Å². The van der Waals surface area contributed by atoms with Crippen molar-refractivity contribution in [2.75, 3.05) is 6.61 Å². The Hall–Kier alpha value is -0.270. The average molecular weight is 308 g/mol. The van der Waals surface area contributed by atoms with Crippen LogP contribution in [-0.4, -0.2) is 36.7 Å². The van der Waals surface area contributed by atoms with Gasteiger partial charge >= 0.3 is 0 Å². The molecular weight excluding hydrogens is 279 g/mol. The third kappa shape index (κ3) is 6.16. The van der Waals surface area contributed by atoms with Crippen LogP contribution in [0.3, 0.4) is 0 Å². The molecule has 0 aromatic rings. The molecule has 0 spiro atoms. The molecule has 1 unspecified atom stereocenters. The molecule has 2 saturated heterocycles. The second-order valence-electron chi connectivity index (χ2n) is 6.35. The van der Waals surface area contributed by atoms with Crippen LogP contribution < -0.4 is 0 Å². The molecule has 2 aliphatic heterocycles. The molecule has 2 fully saturated rings.